The quantitative estimate of drug-likeness (QED) is 0.135. The first-order valence-corrected chi connectivity index (χ1v) is 22.9. The van der Waals surface area contributed by atoms with Crippen molar-refractivity contribution in [3.05, 3.63) is 229 Å². The van der Waals surface area contributed by atoms with Crippen LogP contribution in [0.1, 0.15) is 83.2 Å². The van der Waals surface area contributed by atoms with Crippen molar-refractivity contribution in [2.24, 2.45) is 0 Å². The predicted molar refractivity (Wildman–Crippen MR) is 274 cm³/mol. The number of fused-ring (bicyclic) bond motifs is 3. The Balaban J connectivity index is 0.00000562. The fourth-order valence-corrected chi connectivity index (χ4v) is 8.95. The summed E-state index contributed by atoms with van der Waals surface area (Å²) in [5.41, 5.74) is 13.1. The Morgan fingerprint density at radius 2 is 1.19 bits per heavy atom. The number of ether oxygens (including phenoxy) is 1. The van der Waals surface area contributed by atoms with E-state index in [0.29, 0.717) is 11.5 Å². The molecule has 1 aliphatic heterocycles. The van der Waals surface area contributed by atoms with Crippen molar-refractivity contribution < 1.29 is 25.8 Å². The fraction of sp³-hybridized carbons (Fsp3) is 0.180. The number of anilines is 2. The molecule has 10 rings (SSSR count). The minimum atomic E-state index is -0.206. The van der Waals surface area contributed by atoms with Gasteiger partial charge in [0.25, 0.3) is 0 Å². The topological polar surface area (TPSA) is 33.5 Å². The molecule has 0 bridgehead atoms. The molecular formula is C61H55N4OPt-3. The van der Waals surface area contributed by atoms with Gasteiger partial charge in [-0.15, -0.1) is 48.1 Å². The summed E-state index contributed by atoms with van der Waals surface area (Å²) in [7, 11) is 0. The van der Waals surface area contributed by atoms with Gasteiger partial charge < -0.3 is 19.1 Å². The number of hydrogen-bond donors (Lipinski definition) is 0. The summed E-state index contributed by atoms with van der Waals surface area (Å²) >= 11 is 0. The second kappa shape index (κ2) is 17.8. The van der Waals surface area contributed by atoms with Crippen LogP contribution in [0.5, 0.6) is 11.5 Å². The zero-order valence-electron chi connectivity index (χ0n) is 39.4. The van der Waals surface area contributed by atoms with E-state index in [1.54, 1.807) is 0 Å². The van der Waals surface area contributed by atoms with E-state index in [1.807, 2.05) is 24.4 Å². The van der Waals surface area contributed by atoms with Crippen molar-refractivity contribution >= 4 is 38.9 Å². The smallest absolute Gasteiger partial charge is 0.135 e. The third kappa shape index (κ3) is 8.98. The second-order valence-corrected chi connectivity index (χ2v) is 20.0. The van der Waals surface area contributed by atoms with E-state index >= 15 is 0 Å². The van der Waals surface area contributed by atoms with E-state index in [2.05, 4.69) is 246 Å². The van der Waals surface area contributed by atoms with E-state index in [9.17, 15) is 0 Å². The minimum absolute atomic E-state index is 0. The van der Waals surface area contributed by atoms with Crippen LogP contribution in [-0.4, -0.2) is 9.55 Å². The molecule has 0 radical (unpaired) electrons. The van der Waals surface area contributed by atoms with Crippen molar-refractivity contribution in [1.82, 2.24) is 9.55 Å². The second-order valence-electron chi connectivity index (χ2n) is 20.0. The Hall–Kier alpha value is -6.68. The van der Waals surface area contributed by atoms with Gasteiger partial charge in [0.1, 0.15) is 5.82 Å². The minimum Gasteiger partial charge on any atom is -0.509 e. The Bertz CT molecular complexity index is 3250. The normalized spacial score (nSPS) is 13.2. The van der Waals surface area contributed by atoms with E-state index in [0.717, 1.165) is 50.3 Å². The molecule has 6 heteroatoms. The zero-order chi connectivity index (χ0) is 45.8. The Labute approximate surface area is 410 Å². The van der Waals surface area contributed by atoms with Crippen molar-refractivity contribution in [3.63, 3.8) is 0 Å². The molecule has 5 nitrogen and oxygen atoms in total. The first-order chi connectivity index (χ1) is 31.7. The number of hydrogen-bond acceptors (Lipinski definition) is 4. The van der Waals surface area contributed by atoms with Crippen molar-refractivity contribution in [2.45, 2.75) is 71.6 Å². The number of rotatable bonds is 9. The Morgan fingerprint density at radius 1 is 0.522 bits per heavy atom. The molecule has 67 heavy (non-hydrogen) atoms. The van der Waals surface area contributed by atoms with Gasteiger partial charge >= 0.3 is 0 Å². The molecule has 3 heterocycles. The van der Waals surface area contributed by atoms with Crippen LogP contribution in [0.25, 0.3) is 44.4 Å². The number of nitrogens with zero attached hydrogens (tertiary/aromatic N) is 4. The van der Waals surface area contributed by atoms with Gasteiger partial charge in [0.05, 0.1) is 0 Å². The Morgan fingerprint density at radius 3 is 1.90 bits per heavy atom. The van der Waals surface area contributed by atoms with Crippen LogP contribution in [0.4, 0.5) is 11.4 Å². The van der Waals surface area contributed by atoms with Gasteiger partial charge in [-0.3, -0.25) is 0 Å². The molecule has 338 valence electrons. The molecule has 0 saturated carbocycles. The molecule has 0 saturated heterocycles. The van der Waals surface area contributed by atoms with Crippen LogP contribution in [0, 0.1) is 18.8 Å². The first-order valence-electron chi connectivity index (χ1n) is 22.9. The third-order valence-corrected chi connectivity index (χ3v) is 13.0. The van der Waals surface area contributed by atoms with Gasteiger partial charge in [0.15, 0.2) is 0 Å². The summed E-state index contributed by atoms with van der Waals surface area (Å²) in [6.45, 7) is 20.3. The molecule has 2 aromatic heterocycles. The molecule has 0 N–H and O–H groups in total. The average molecular weight is 1060 g/mol. The van der Waals surface area contributed by atoms with Crippen molar-refractivity contribution in [1.29, 1.82) is 0 Å². The molecule has 0 spiro atoms. The van der Waals surface area contributed by atoms with E-state index in [4.69, 9.17) is 9.72 Å². The molecular weight excluding hydrogens is 1000 g/mol. The molecule has 0 aliphatic carbocycles. The molecule has 0 amide bonds. The fourth-order valence-electron chi connectivity index (χ4n) is 8.95. The van der Waals surface area contributed by atoms with Crippen LogP contribution in [-0.2, 0) is 37.3 Å². The van der Waals surface area contributed by atoms with Gasteiger partial charge in [-0.2, -0.15) is 12.1 Å². The van der Waals surface area contributed by atoms with Crippen LogP contribution >= 0.6 is 0 Å². The van der Waals surface area contributed by atoms with E-state index in [-0.39, 0.29) is 37.3 Å². The SMILES string of the molecule is CC(C)(C)c1cc(-c2ccccc2)cc(N2C=C(c3ccccc3)N(c3[c-]c(Oc4[c-]c5c(cc4)c4cc(C(C)(C)c6ccccc6)ccc4n5-c4cc(C(C)(C)C)ccn4)ccc3)[CH-]2)c1.[Pt]. The first kappa shape index (κ1) is 45.5. The standard InChI is InChI=1S/C61H55N4O.Pt/c1-59(2,3)46-31-32-62-58(37-46)65-55-30-27-47(61(7,8)45-23-16-11-17-24-45)36-54(55)53-29-28-52(39-56(53)65)66-51-26-18-25-49(38-51)64-41-63(40-57(64)43-21-14-10-15-22-43)50-34-44(42-19-12-9-13-20-42)33-48(35-50)60(4,5)6;/h9-37,40-41H,1-8H3;/q-3;. The van der Waals surface area contributed by atoms with Crippen LogP contribution < -0.4 is 14.5 Å². The molecule has 0 fully saturated rings. The van der Waals surface area contributed by atoms with Gasteiger partial charge in [0, 0.05) is 61.1 Å². The summed E-state index contributed by atoms with van der Waals surface area (Å²) in [5, 5.41) is 2.23. The predicted octanol–water partition coefficient (Wildman–Crippen LogP) is 15.6. The van der Waals surface area contributed by atoms with Crippen LogP contribution in [0.3, 0.4) is 0 Å². The summed E-state index contributed by atoms with van der Waals surface area (Å²) < 4.78 is 8.97. The van der Waals surface area contributed by atoms with Crippen molar-refractivity contribution in [2.75, 3.05) is 9.80 Å². The van der Waals surface area contributed by atoms with E-state index < -0.39 is 0 Å². The van der Waals surface area contributed by atoms with Gasteiger partial charge in [0.2, 0.25) is 0 Å². The maximum absolute atomic E-state index is 6.74. The van der Waals surface area contributed by atoms with Crippen LogP contribution in [0.15, 0.2) is 182 Å². The average Bonchev–Trinajstić information content (AvgIpc) is 3.92. The third-order valence-electron chi connectivity index (χ3n) is 13.0. The number of pyridine rings is 1. The largest absolute Gasteiger partial charge is 0.509 e. The van der Waals surface area contributed by atoms with Gasteiger partial charge in [-0.05, 0) is 91.7 Å². The zero-order valence-corrected chi connectivity index (χ0v) is 41.7. The molecule has 0 unspecified atom stereocenters. The van der Waals surface area contributed by atoms with Gasteiger partial charge in [-0.25, -0.2) is 4.98 Å². The molecule has 9 aromatic rings. The number of aromatic nitrogens is 2. The molecule has 1 aliphatic rings. The number of benzene rings is 7. The summed E-state index contributed by atoms with van der Waals surface area (Å²) in [6.07, 6.45) is 4.13. The molecule has 0 atom stereocenters. The van der Waals surface area contributed by atoms with Crippen molar-refractivity contribution in [3.8, 4) is 28.4 Å². The maximum Gasteiger partial charge on any atom is 0.135 e. The summed E-state index contributed by atoms with van der Waals surface area (Å²) in [4.78, 5) is 9.38. The van der Waals surface area contributed by atoms with E-state index in [1.165, 1.54) is 33.4 Å². The van der Waals surface area contributed by atoms with Gasteiger partial charge in [-0.1, -0.05) is 170 Å². The summed E-state index contributed by atoms with van der Waals surface area (Å²) in [5.74, 6) is 2.03. The summed E-state index contributed by atoms with van der Waals surface area (Å²) in [6, 6.07) is 67.5. The maximum atomic E-state index is 6.74. The molecule has 7 aromatic carbocycles. The monoisotopic (exact) mass is 1050 g/mol. The van der Waals surface area contributed by atoms with Crippen LogP contribution in [0.2, 0.25) is 0 Å². The Kier molecular flexibility index (Phi) is 12.1.